The summed E-state index contributed by atoms with van der Waals surface area (Å²) in [5.41, 5.74) is 7.05. The van der Waals surface area contributed by atoms with Crippen molar-refractivity contribution in [2.75, 3.05) is 5.73 Å². The Morgan fingerprint density at radius 1 is 1.37 bits per heavy atom. The van der Waals surface area contributed by atoms with Crippen LogP contribution >= 0.6 is 15.9 Å². The maximum atomic E-state index is 6.02. The predicted octanol–water partition coefficient (Wildman–Crippen LogP) is 3.05. The number of nitrogen functional groups attached to an aromatic ring is 1. The molecule has 3 atom stereocenters. The number of halogens is 1. The molecule has 0 aliphatic carbocycles. The van der Waals surface area contributed by atoms with E-state index in [9.17, 15) is 0 Å². The molecule has 1 aromatic rings. The molecule has 1 aromatic heterocycles. The highest BCUT2D eigenvalue weighted by Crippen LogP contribution is 2.44. The molecule has 0 aromatic carbocycles. The van der Waals surface area contributed by atoms with Crippen LogP contribution in [0, 0.1) is 5.92 Å². The number of hydrogen-bond acceptors (Lipinski definition) is 4. The highest BCUT2D eigenvalue weighted by molar-refractivity contribution is 9.10. The van der Waals surface area contributed by atoms with E-state index in [1.807, 2.05) is 0 Å². The van der Waals surface area contributed by atoms with Crippen LogP contribution in [-0.4, -0.2) is 22.2 Å². The highest BCUT2D eigenvalue weighted by Gasteiger charge is 2.43. The molecule has 2 bridgehead atoms. The van der Waals surface area contributed by atoms with Gasteiger partial charge in [0.2, 0.25) is 0 Å². The standard InChI is InChI=1S/C14H20BrN3O/c1-7(2)5-10-12(15)13(16)18-14(17-10)9-6-8-3-4-11(9)19-8/h7-9,11H,3-6H2,1-2H3,(H2,16,17,18). The number of aromatic nitrogens is 2. The number of rotatable bonds is 3. The molecule has 3 unspecified atom stereocenters. The van der Waals surface area contributed by atoms with Crippen molar-refractivity contribution >= 4 is 21.7 Å². The first-order valence-electron chi connectivity index (χ1n) is 7.01. The van der Waals surface area contributed by atoms with Gasteiger partial charge in [0.05, 0.1) is 22.4 Å². The second-order valence-corrected chi connectivity index (χ2v) is 6.83. The highest BCUT2D eigenvalue weighted by atomic mass is 79.9. The van der Waals surface area contributed by atoms with Crippen LogP contribution in [0.25, 0.3) is 0 Å². The Morgan fingerprint density at radius 3 is 2.74 bits per heavy atom. The third-order valence-electron chi connectivity index (χ3n) is 4.00. The maximum absolute atomic E-state index is 6.02. The number of ether oxygens (including phenoxy) is 1. The fraction of sp³-hybridized carbons (Fsp3) is 0.714. The summed E-state index contributed by atoms with van der Waals surface area (Å²) in [6.07, 6.45) is 5.00. The Labute approximate surface area is 122 Å². The quantitative estimate of drug-likeness (QED) is 0.927. The van der Waals surface area contributed by atoms with Gasteiger partial charge in [0.15, 0.2) is 0 Å². The minimum Gasteiger partial charge on any atom is -0.383 e. The molecule has 2 saturated heterocycles. The zero-order valence-electron chi connectivity index (χ0n) is 11.4. The van der Waals surface area contributed by atoms with Crippen LogP contribution < -0.4 is 5.73 Å². The molecule has 2 fully saturated rings. The van der Waals surface area contributed by atoms with Crippen LogP contribution in [0.2, 0.25) is 0 Å². The summed E-state index contributed by atoms with van der Waals surface area (Å²) < 4.78 is 6.75. The Hall–Kier alpha value is -0.680. The number of hydrogen-bond donors (Lipinski definition) is 1. The van der Waals surface area contributed by atoms with Crippen LogP contribution in [0.15, 0.2) is 4.47 Å². The average Bonchev–Trinajstić information content (AvgIpc) is 2.96. The zero-order chi connectivity index (χ0) is 13.6. The summed E-state index contributed by atoms with van der Waals surface area (Å²) in [5.74, 6) is 2.32. The van der Waals surface area contributed by atoms with Crippen molar-refractivity contribution < 1.29 is 4.74 Å². The van der Waals surface area contributed by atoms with Crippen molar-refractivity contribution in [3.05, 3.63) is 16.0 Å². The minimum absolute atomic E-state index is 0.303. The molecular weight excluding hydrogens is 306 g/mol. The lowest BCUT2D eigenvalue weighted by atomic mass is 9.88. The Kier molecular flexibility index (Phi) is 3.52. The number of fused-ring (bicyclic) bond motifs is 2. The molecule has 0 radical (unpaired) electrons. The van der Waals surface area contributed by atoms with Gasteiger partial charge in [-0.3, -0.25) is 0 Å². The summed E-state index contributed by atoms with van der Waals surface area (Å²) >= 11 is 3.51. The topological polar surface area (TPSA) is 61.0 Å². The lowest BCUT2D eigenvalue weighted by Gasteiger charge is -2.19. The summed E-state index contributed by atoms with van der Waals surface area (Å²) in [7, 11) is 0. The van der Waals surface area contributed by atoms with Crippen LogP contribution in [0.4, 0.5) is 5.82 Å². The van der Waals surface area contributed by atoms with Crippen LogP contribution in [0.5, 0.6) is 0 Å². The van der Waals surface area contributed by atoms with Gasteiger partial charge in [0.1, 0.15) is 11.6 Å². The molecule has 5 heteroatoms. The van der Waals surface area contributed by atoms with E-state index in [4.69, 9.17) is 15.5 Å². The van der Waals surface area contributed by atoms with Crippen molar-refractivity contribution in [3.8, 4) is 0 Å². The predicted molar refractivity (Wildman–Crippen MR) is 77.9 cm³/mol. The van der Waals surface area contributed by atoms with Gasteiger partial charge in [-0.05, 0) is 47.5 Å². The molecule has 0 spiro atoms. The monoisotopic (exact) mass is 325 g/mol. The van der Waals surface area contributed by atoms with E-state index < -0.39 is 0 Å². The molecule has 3 rings (SSSR count). The minimum atomic E-state index is 0.303. The normalized spacial score (nSPS) is 29.4. The van der Waals surface area contributed by atoms with Gasteiger partial charge in [-0.1, -0.05) is 13.8 Å². The van der Waals surface area contributed by atoms with E-state index in [2.05, 4.69) is 34.8 Å². The van der Waals surface area contributed by atoms with Crippen molar-refractivity contribution in [1.29, 1.82) is 0 Å². The van der Waals surface area contributed by atoms with E-state index in [1.165, 1.54) is 6.42 Å². The first-order chi connectivity index (χ1) is 9.04. The lowest BCUT2D eigenvalue weighted by molar-refractivity contribution is 0.0998. The van der Waals surface area contributed by atoms with E-state index in [0.29, 0.717) is 29.9 Å². The first-order valence-corrected chi connectivity index (χ1v) is 7.81. The molecule has 19 heavy (non-hydrogen) atoms. The van der Waals surface area contributed by atoms with E-state index in [1.54, 1.807) is 0 Å². The Bertz CT molecular complexity index is 492. The fourth-order valence-corrected chi connectivity index (χ4v) is 3.47. The average molecular weight is 326 g/mol. The molecule has 2 aliphatic rings. The van der Waals surface area contributed by atoms with E-state index in [-0.39, 0.29) is 0 Å². The fourth-order valence-electron chi connectivity index (χ4n) is 3.13. The summed E-state index contributed by atoms with van der Waals surface area (Å²) in [6, 6.07) is 0. The van der Waals surface area contributed by atoms with Gasteiger partial charge in [-0.15, -0.1) is 0 Å². The van der Waals surface area contributed by atoms with Crippen molar-refractivity contribution in [2.45, 2.75) is 57.7 Å². The summed E-state index contributed by atoms with van der Waals surface area (Å²) in [6.45, 7) is 4.37. The molecule has 104 valence electrons. The van der Waals surface area contributed by atoms with Crippen LogP contribution in [0.3, 0.4) is 0 Å². The largest absolute Gasteiger partial charge is 0.383 e. The molecule has 3 heterocycles. The lowest BCUT2D eigenvalue weighted by Crippen LogP contribution is -2.19. The first kappa shape index (κ1) is 13.3. The van der Waals surface area contributed by atoms with Crippen LogP contribution in [0.1, 0.15) is 50.5 Å². The van der Waals surface area contributed by atoms with Gasteiger partial charge in [-0.2, -0.15) is 0 Å². The van der Waals surface area contributed by atoms with Gasteiger partial charge in [0.25, 0.3) is 0 Å². The summed E-state index contributed by atoms with van der Waals surface area (Å²) in [5, 5.41) is 0. The molecule has 2 aliphatic heterocycles. The maximum Gasteiger partial charge on any atom is 0.141 e. The third-order valence-corrected chi connectivity index (χ3v) is 4.87. The molecule has 0 saturated carbocycles. The van der Waals surface area contributed by atoms with Crippen molar-refractivity contribution in [1.82, 2.24) is 9.97 Å². The number of nitrogens with zero attached hydrogens (tertiary/aromatic N) is 2. The summed E-state index contributed by atoms with van der Waals surface area (Å²) in [4.78, 5) is 9.24. The molecule has 2 N–H and O–H groups in total. The Balaban J connectivity index is 1.91. The van der Waals surface area contributed by atoms with Gasteiger partial charge >= 0.3 is 0 Å². The molecule has 4 nitrogen and oxygen atoms in total. The third kappa shape index (κ3) is 2.50. The SMILES string of the molecule is CC(C)Cc1nc(C2CC3CCC2O3)nc(N)c1Br. The van der Waals surface area contributed by atoms with E-state index >= 15 is 0 Å². The second kappa shape index (κ2) is 5.02. The van der Waals surface area contributed by atoms with Gasteiger partial charge in [0, 0.05) is 5.92 Å². The number of nitrogens with two attached hydrogens (primary N) is 1. The second-order valence-electron chi connectivity index (χ2n) is 6.04. The number of anilines is 1. The molecule has 0 amide bonds. The van der Waals surface area contributed by atoms with Gasteiger partial charge in [-0.25, -0.2) is 9.97 Å². The zero-order valence-corrected chi connectivity index (χ0v) is 13.0. The van der Waals surface area contributed by atoms with Crippen molar-refractivity contribution in [2.24, 2.45) is 5.92 Å². The van der Waals surface area contributed by atoms with Crippen molar-refractivity contribution in [3.63, 3.8) is 0 Å². The Morgan fingerprint density at radius 2 is 2.16 bits per heavy atom. The van der Waals surface area contributed by atoms with Gasteiger partial charge < -0.3 is 10.5 Å². The van der Waals surface area contributed by atoms with E-state index in [0.717, 1.165) is 35.3 Å². The van der Waals surface area contributed by atoms with Crippen LogP contribution in [-0.2, 0) is 11.2 Å². The smallest absolute Gasteiger partial charge is 0.141 e. The molecular formula is C14H20BrN3O.